The summed E-state index contributed by atoms with van der Waals surface area (Å²) >= 11 is 2.90. The van der Waals surface area contributed by atoms with E-state index in [2.05, 4.69) is 25.4 Å². The molecule has 0 amide bonds. The van der Waals surface area contributed by atoms with Crippen LogP contribution >= 0.6 is 15.9 Å². The number of hydrogen-bond donors (Lipinski definition) is 0. The molecule has 1 aromatic rings. The third-order valence-electron chi connectivity index (χ3n) is 2.07. The minimum atomic E-state index is -5.21. The molecule has 21 heavy (non-hydrogen) atoms. The van der Waals surface area contributed by atoms with Gasteiger partial charge in [-0.15, -0.1) is 26.3 Å². The van der Waals surface area contributed by atoms with E-state index in [0.29, 0.717) is 12.1 Å². The van der Waals surface area contributed by atoms with Crippen LogP contribution in [0.25, 0.3) is 0 Å². The van der Waals surface area contributed by atoms with Crippen molar-refractivity contribution in [3.63, 3.8) is 0 Å². The van der Waals surface area contributed by atoms with Gasteiger partial charge < -0.3 is 9.47 Å². The molecule has 0 aromatic heterocycles. The largest absolute Gasteiger partial charge is 0.573 e. The Hall–Kier alpha value is -1.45. The summed E-state index contributed by atoms with van der Waals surface area (Å²) in [5, 5.41) is 0. The maximum absolute atomic E-state index is 12.2. The number of Topliss-reactive ketones (excluding diaryl/α,β-unsaturated/α-hetero) is 1. The van der Waals surface area contributed by atoms with Crippen LogP contribution in [0.15, 0.2) is 18.2 Å². The van der Waals surface area contributed by atoms with Gasteiger partial charge in [0.1, 0.15) is 5.78 Å². The Balaban J connectivity index is 3.23. The predicted octanol–water partition coefficient (Wildman–Crippen LogP) is 4.51. The molecule has 0 aliphatic rings. The van der Waals surface area contributed by atoms with E-state index in [1.807, 2.05) is 0 Å². The summed E-state index contributed by atoms with van der Waals surface area (Å²) < 4.78 is 79.9. The molecule has 10 heteroatoms. The van der Waals surface area contributed by atoms with Gasteiger partial charge in [-0.25, -0.2) is 0 Å². The number of rotatable bonds is 4. The summed E-state index contributed by atoms with van der Waals surface area (Å²) in [5.41, 5.74) is -0.00345. The first-order valence-electron chi connectivity index (χ1n) is 5.19. The summed E-state index contributed by atoms with van der Waals surface area (Å²) in [6.45, 7) is 1.16. The molecule has 1 rings (SSSR count). The zero-order valence-electron chi connectivity index (χ0n) is 10.2. The average molecular weight is 381 g/mol. The highest BCUT2D eigenvalue weighted by molar-refractivity contribution is 9.09. The minimum Gasteiger partial charge on any atom is -0.402 e. The Morgan fingerprint density at radius 3 is 1.95 bits per heavy atom. The van der Waals surface area contributed by atoms with Gasteiger partial charge in [-0.1, -0.05) is 22.0 Å². The van der Waals surface area contributed by atoms with E-state index in [4.69, 9.17) is 0 Å². The molecule has 0 fully saturated rings. The van der Waals surface area contributed by atoms with Crippen LogP contribution in [0.5, 0.6) is 11.5 Å². The molecule has 0 saturated carbocycles. The molecule has 0 N–H and O–H groups in total. The lowest BCUT2D eigenvalue weighted by atomic mass is 10.1. The van der Waals surface area contributed by atoms with E-state index in [-0.39, 0.29) is 5.56 Å². The number of ether oxygens (including phenoxy) is 2. The van der Waals surface area contributed by atoms with Gasteiger partial charge >= 0.3 is 12.7 Å². The van der Waals surface area contributed by atoms with Crippen molar-refractivity contribution in [1.29, 1.82) is 0 Å². The second-order valence-corrected chi connectivity index (χ2v) is 4.69. The molecule has 1 aromatic carbocycles. The van der Waals surface area contributed by atoms with Crippen LogP contribution in [0.4, 0.5) is 26.3 Å². The monoisotopic (exact) mass is 380 g/mol. The van der Waals surface area contributed by atoms with Gasteiger partial charge in [0, 0.05) is 0 Å². The molecule has 0 aliphatic carbocycles. The summed E-state index contributed by atoms with van der Waals surface area (Å²) in [4.78, 5) is 10.2. The van der Waals surface area contributed by atoms with Crippen molar-refractivity contribution in [3.05, 3.63) is 23.8 Å². The number of ketones is 1. The molecule has 0 saturated heterocycles. The third kappa shape index (κ3) is 5.82. The van der Waals surface area contributed by atoms with E-state index in [1.54, 1.807) is 0 Å². The molecule has 3 nitrogen and oxygen atoms in total. The third-order valence-corrected chi connectivity index (χ3v) is 3.24. The van der Waals surface area contributed by atoms with Gasteiger partial charge in [-0.05, 0) is 24.6 Å². The fourth-order valence-electron chi connectivity index (χ4n) is 1.33. The van der Waals surface area contributed by atoms with E-state index in [0.717, 1.165) is 13.0 Å². The Morgan fingerprint density at radius 2 is 1.52 bits per heavy atom. The Labute approximate surface area is 123 Å². The van der Waals surface area contributed by atoms with Crippen LogP contribution in [-0.2, 0) is 4.79 Å². The van der Waals surface area contributed by atoms with Crippen molar-refractivity contribution < 1.29 is 40.6 Å². The molecule has 118 valence electrons. The molecule has 0 radical (unpaired) electrons. The highest BCUT2D eigenvalue weighted by atomic mass is 79.9. The first kappa shape index (κ1) is 17.6. The van der Waals surface area contributed by atoms with E-state index < -0.39 is 34.8 Å². The lowest BCUT2D eigenvalue weighted by molar-refractivity contribution is -0.287. The van der Waals surface area contributed by atoms with Gasteiger partial charge in [0.05, 0.1) is 4.83 Å². The Bertz CT molecular complexity index is 526. The highest BCUT2D eigenvalue weighted by Crippen LogP contribution is 2.38. The number of carbonyl (C=O) groups is 1. The van der Waals surface area contributed by atoms with Crippen molar-refractivity contribution in [2.24, 2.45) is 0 Å². The van der Waals surface area contributed by atoms with Crippen LogP contribution in [0.3, 0.4) is 0 Å². The van der Waals surface area contributed by atoms with Gasteiger partial charge in [-0.3, -0.25) is 4.79 Å². The minimum absolute atomic E-state index is 0.00345. The summed E-state index contributed by atoms with van der Waals surface area (Å²) in [6.07, 6.45) is -10.4. The first-order valence-corrected chi connectivity index (χ1v) is 6.10. The normalized spacial score (nSPS) is 13.7. The van der Waals surface area contributed by atoms with Crippen LogP contribution < -0.4 is 9.47 Å². The van der Waals surface area contributed by atoms with Gasteiger partial charge in [0.2, 0.25) is 0 Å². The Kier molecular flexibility index (Phi) is 5.13. The summed E-state index contributed by atoms with van der Waals surface area (Å²) in [6, 6.07) is 2.31. The summed E-state index contributed by atoms with van der Waals surface area (Å²) in [5.74, 6) is -2.80. The van der Waals surface area contributed by atoms with Crippen LogP contribution in [-0.4, -0.2) is 18.5 Å². The fraction of sp³-hybridized carbons (Fsp3) is 0.364. The van der Waals surface area contributed by atoms with Crippen molar-refractivity contribution in [2.75, 3.05) is 0 Å². The number of halogens is 7. The van der Waals surface area contributed by atoms with Gasteiger partial charge in [-0.2, -0.15) is 0 Å². The second-order valence-electron chi connectivity index (χ2n) is 3.77. The number of benzene rings is 1. The molecule has 0 heterocycles. The van der Waals surface area contributed by atoms with Crippen LogP contribution in [0.2, 0.25) is 0 Å². The van der Waals surface area contributed by atoms with Crippen molar-refractivity contribution in [2.45, 2.75) is 24.5 Å². The lowest BCUT2D eigenvalue weighted by Gasteiger charge is -2.17. The van der Waals surface area contributed by atoms with Crippen LogP contribution in [0, 0.1) is 0 Å². The molecule has 0 bridgehead atoms. The highest BCUT2D eigenvalue weighted by Gasteiger charge is 2.37. The zero-order chi connectivity index (χ0) is 16.4. The second kappa shape index (κ2) is 6.12. The van der Waals surface area contributed by atoms with E-state index in [9.17, 15) is 31.1 Å². The molecule has 1 unspecified atom stereocenters. The predicted molar refractivity (Wildman–Crippen MR) is 62.2 cm³/mol. The zero-order valence-corrected chi connectivity index (χ0v) is 11.8. The standard InChI is InChI=1S/C11H7BrF6O3/c1-5(19)9(12)6-2-3-7(20-10(13,14)15)8(4-6)21-11(16,17)18/h2-4,9H,1H3. The van der Waals surface area contributed by atoms with Crippen molar-refractivity contribution >= 4 is 21.7 Å². The van der Waals surface area contributed by atoms with Gasteiger partial charge in [0.15, 0.2) is 11.5 Å². The Morgan fingerprint density at radius 1 is 1.05 bits per heavy atom. The first-order chi connectivity index (χ1) is 9.39. The number of alkyl halides is 7. The van der Waals surface area contributed by atoms with E-state index in [1.165, 1.54) is 0 Å². The SMILES string of the molecule is CC(=O)C(Br)c1ccc(OC(F)(F)F)c(OC(F)(F)F)c1. The lowest BCUT2D eigenvalue weighted by Crippen LogP contribution is -2.21. The molecule has 1 atom stereocenters. The smallest absolute Gasteiger partial charge is 0.402 e. The molecular weight excluding hydrogens is 374 g/mol. The van der Waals surface area contributed by atoms with Crippen LogP contribution in [0.1, 0.15) is 17.3 Å². The van der Waals surface area contributed by atoms with Crippen molar-refractivity contribution in [3.8, 4) is 11.5 Å². The molecular formula is C11H7BrF6O3. The van der Waals surface area contributed by atoms with E-state index >= 15 is 0 Å². The van der Waals surface area contributed by atoms with Gasteiger partial charge in [0.25, 0.3) is 0 Å². The quantitative estimate of drug-likeness (QED) is 0.569. The van der Waals surface area contributed by atoms with Crippen molar-refractivity contribution in [1.82, 2.24) is 0 Å². The fourth-order valence-corrected chi connectivity index (χ4v) is 1.62. The molecule has 0 spiro atoms. The maximum atomic E-state index is 12.2. The topological polar surface area (TPSA) is 35.5 Å². The number of hydrogen-bond acceptors (Lipinski definition) is 3. The number of carbonyl (C=O) groups excluding carboxylic acids is 1. The maximum Gasteiger partial charge on any atom is 0.573 e. The molecule has 0 aliphatic heterocycles. The summed E-state index contributed by atoms with van der Waals surface area (Å²) in [7, 11) is 0. The average Bonchev–Trinajstić information content (AvgIpc) is 2.26.